The minimum Gasteiger partial charge on any atom is -0.465 e. The first-order chi connectivity index (χ1) is 12.2. The summed E-state index contributed by atoms with van der Waals surface area (Å²) in [5.41, 5.74) is 0.464. The summed E-state index contributed by atoms with van der Waals surface area (Å²) in [4.78, 5) is 11.3. The van der Waals surface area contributed by atoms with Crippen LogP contribution in [0.5, 0.6) is 0 Å². The zero-order valence-corrected chi connectivity index (χ0v) is 15.3. The molecule has 2 aromatic carbocycles. The molecule has 9 heteroatoms. The highest BCUT2D eigenvalue weighted by molar-refractivity contribution is 7.93. The number of carbonyl (C=O) groups excluding carboxylic acids is 1. The molecule has 3 rings (SSSR count). The number of aryl methyl sites for hydroxylation is 1. The Hall–Kier alpha value is -2.52. The maximum Gasteiger partial charge on any atom is 0.349 e. The fourth-order valence-electron chi connectivity index (χ4n) is 2.46. The van der Waals surface area contributed by atoms with E-state index in [4.69, 9.17) is 0 Å². The third kappa shape index (κ3) is 3.15. The Morgan fingerprint density at radius 2 is 1.92 bits per heavy atom. The number of hydrogen-bond acceptors (Lipinski definition) is 5. The molecular formula is C17H13F2NO4S2. The predicted molar refractivity (Wildman–Crippen MR) is 95.1 cm³/mol. The van der Waals surface area contributed by atoms with Gasteiger partial charge in [-0.1, -0.05) is 12.1 Å². The molecule has 26 heavy (non-hydrogen) atoms. The second-order valence-electron chi connectivity index (χ2n) is 5.43. The summed E-state index contributed by atoms with van der Waals surface area (Å²) in [6, 6.07) is 7.61. The van der Waals surface area contributed by atoms with E-state index in [1.165, 1.54) is 24.3 Å². The van der Waals surface area contributed by atoms with Gasteiger partial charge in [-0.3, -0.25) is 4.72 Å². The van der Waals surface area contributed by atoms with Crippen LogP contribution >= 0.6 is 11.3 Å². The van der Waals surface area contributed by atoms with E-state index in [-0.39, 0.29) is 20.7 Å². The number of thiophene rings is 1. The van der Waals surface area contributed by atoms with Gasteiger partial charge in [-0.25, -0.2) is 22.0 Å². The van der Waals surface area contributed by atoms with Crippen molar-refractivity contribution in [2.24, 2.45) is 0 Å². The Kier molecular flexibility index (Phi) is 4.68. The van der Waals surface area contributed by atoms with Crippen molar-refractivity contribution in [3.8, 4) is 0 Å². The summed E-state index contributed by atoms with van der Waals surface area (Å²) < 4.78 is 60.8. The number of ether oxygens (including phenoxy) is 1. The van der Waals surface area contributed by atoms with Crippen LogP contribution in [0.2, 0.25) is 0 Å². The van der Waals surface area contributed by atoms with Crippen LogP contribution < -0.4 is 4.72 Å². The van der Waals surface area contributed by atoms with Gasteiger partial charge < -0.3 is 4.74 Å². The third-order valence-corrected chi connectivity index (χ3v) is 6.40. The number of halogens is 2. The molecule has 0 aliphatic carbocycles. The molecule has 1 heterocycles. The SMILES string of the molecule is COC(=O)c1sc2cccc(F)c2c1S(=O)(=O)Nc1cc(F)ccc1C. The summed E-state index contributed by atoms with van der Waals surface area (Å²) >= 11 is 0.808. The Labute approximate surface area is 152 Å². The van der Waals surface area contributed by atoms with E-state index in [0.717, 1.165) is 30.6 Å². The summed E-state index contributed by atoms with van der Waals surface area (Å²) in [6.07, 6.45) is 0. The molecular weight excluding hydrogens is 384 g/mol. The minimum absolute atomic E-state index is 0.00324. The molecule has 3 aromatic rings. The largest absolute Gasteiger partial charge is 0.465 e. The molecule has 5 nitrogen and oxygen atoms in total. The molecule has 0 radical (unpaired) electrons. The number of carbonyl (C=O) groups is 1. The van der Waals surface area contributed by atoms with Gasteiger partial charge in [0.05, 0.1) is 12.8 Å². The van der Waals surface area contributed by atoms with Gasteiger partial charge in [0, 0.05) is 10.1 Å². The normalized spacial score (nSPS) is 11.5. The highest BCUT2D eigenvalue weighted by atomic mass is 32.2. The third-order valence-electron chi connectivity index (χ3n) is 3.70. The maximum atomic E-state index is 14.3. The van der Waals surface area contributed by atoms with Crippen molar-refractivity contribution in [3.05, 3.63) is 58.5 Å². The van der Waals surface area contributed by atoms with E-state index in [1.807, 2.05) is 0 Å². The first-order valence-electron chi connectivity index (χ1n) is 7.33. The van der Waals surface area contributed by atoms with Crippen LogP contribution in [-0.2, 0) is 14.8 Å². The van der Waals surface area contributed by atoms with Crippen LogP contribution in [0.4, 0.5) is 14.5 Å². The van der Waals surface area contributed by atoms with E-state index >= 15 is 0 Å². The van der Waals surface area contributed by atoms with Crippen molar-refractivity contribution >= 4 is 43.1 Å². The standard InChI is InChI=1S/C17H13F2NO4S2/c1-9-6-7-10(18)8-12(9)20-26(22,23)16-14-11(19)4-3-5-13(14)25-15(16)17(21)24-2/h3-8,20H,1-2H3. The number of esters is 1. The van der Waals surface area contributed by atoms with Crippen molar-refractivity contribution < 1.29 is 26.7 Å². The molecule has 136 valence electrons. The molecule has 0 amide bonds. The minimum atomic E-state index is -4.39. The second-order valence-corrected chi connectivity index (χ2v) is 8.10. The Morgan fingerprint density at radius 3 is 2.62 bits per heavy atom. The van der Waals surface area contributed by atoms with Gasteiger partial charge in [-0.2, -0.15) is 0 Å². The molecule has 1 N–H and O–H groups in total. The van der Waals surface area contributed by atoms with Crippen LogP contribution in [-0.4, -0.2) is 21.5 Å². The number of methoxy groups -OCH3 is 1. The fourth-order valence-corrected chi connectivity index (χ4v) is 5.43. The Bertz CT molecular complexity index is 1120. The molecule has 0 aliphatic rings. The van der Waals surface area contributed by atoms with Gasteiger partial charge in [0.15, 0.2) is 0 Å². The number of nitrogens with one attached hydrogen (secondary N) is 1. The Morgan fingerprint density at radius 1 is 1.19 bits per heavy atom. The highest BCUT2D eigenvalue weighted by Crippen LogP contribution is 2.38. The van der Waals surface area contributed by atoms with Crippen molar-refractivity contribution in [1.82, 2.24) is 0 Å². The average Bonchev–Trinajstić information content (AvgIpc) is 2.99. The maximum absolute atomic E-state index is 14.3. The van der Waals surface area contributed by atoms with Gasteiger partial charge in [0.1, 0.15) is 21.4 Å². The topological polar surface area (TPSA) is 72.5 Å². The molecule has 1 aromatic heterocycles. The number of benzene rings is 2. The molecule has 0 unspecified atom stereocenters. The Balaban J connectivity index is 2.25. The van der Waals surface area contributed by atoms with E-state index in [0.29, 0.717) is 5.56 Å². The van der Waals surface area contributed by atoms with Crippen LogP contribution in [0.1, 0.15) is 15.2 Å². The predicted octanol–water partition coefficient (Wildman–Crippen LogP) is 4.08. The lowest BCUT2D eigenvalue weighted by molar-refractivity contribution is 0.0602. The molecule has 0 spiro atoms. The van der Waals surface area contributed by atoms with E-state index in [9.17, 15) is 22.0 Å². The van der Waals surface area contributed by atoms with Crippen LogP contribution in [0.15, 0.2) is 41.3 Å². The molecule has 0 saturated carbocycles. The first kappa shape index (κ1) is 18.3. The zero-order chi connectivity index (χ0) is 19.1. The van der Waals surface area contributed by atoms with Crippen molar-refractivity contribution in [3.63, 3.8) is 0 Å². The summed E-state index contributed by atoms with van der Waals surface area (Å²) in [7, 11) is -3.29. The van der Waals surface area contributed by atoms with Crippen molar-refractivity contribution in [1.29, 1.82) is 0 Å². The lowest BCUT2D eigenvalue weighted by atomic mass is 10.2. The molecule has 0 fully saturated rings. The van der Waals surface area contributed by atoms with Gasteiger partial charge in [0.2, 0.25) is 0 Å². The molecule has 0 atom stereocenters. The van der Waals surface area contributed by atoms with Gasteiger partial charge in [0.25, 0.3) is 10.0 Å². The number of hydrogen-bond donors (Lipinski definition) is 1. The molecule has 0 aliphatic heterocycles. The van der Waals surface area contributed by atoms with Gasteiger partial charge >= 0.3 is 5.97 Å². The smallest absolute Gasteiger partial charge is 0.349 e. The summed E-state index contributed by atoms with van der Waals surface area (Å²) in [6.45, 7) is 1.59. The first-order valence-corrected chi connectivity index (χ1v) is 9.63. The number of rotatable bonds is 4. The van der Waals surface area contributed by atoms with Crippen molar-refractivity contribution in [2.75, 3.05) is 11.8 Å². The van der Waals surface area contributed by atoms with Gasteiger partial charge in [-0.05, 0) is 36.8 Å². The number of sulfonamides is 1. The monoisotopic (exact) mass is 397 g/mol. The molecule has 0 saturated heterocycles. The fraction of sp³-hybridized carbons (Fsp3) is 0.118. The quantitative estimate of drug-likeness (QED) is 0.674. The zero-order valence-electron chi connectivity index (χ0n) is 13.7. The summed E-state index contributed by atoms with van der Waals surface area (Å²) in [5, 5.41) is -0.209. The van der Waals surface area contributed by atoms with Gasteiger partial charge in [-0.15, -0.1) is 11.3 Å². The number of fused-ring (bicyclic) bond motifs is 1. The van der Waals surface area contributed by atoms with Crippen molar-refractivity contribution in [2.45, 2.75) is 11.8 Å². The van der Waals surface area contributed by atoms with Crippen LogP contribution in [0.25, 0.3) is 10.1 Å². The average molecular weight is 397 g/mol. The number of anilines is 1. The summed E-state index contributed by atoms with van der Waals surface area (Å²) in [5.74, 6) is -2.32. The van der Waals surface area contributed by atoms with E-state index in [2.05, 4.69) is 9.46 Å². The van der Waals surface area contributed by atoms with Crippen LogP contribution in [0, 0.1) is 18.6 Å². The highest BCUT2D eigenvalue weighted by Gasteiger charge is 2.31. The lowest BCUT2D eigenvalue weighted by Crippen LogP contribution is -2.17. The molecule has 0 bridgehead atoms. The lowest BCUT2D eigenvalue weighted by Gasteiger charge is -2.11. The second kappa shape index (κ2) is 6.65. The van der Waals surface area contributed by atoms with E-state index in [1.54, 1.807) is 6.92 Å². The van der Waals surface area contributed by atoms with Crippen LogP contribution in [0.3, 0.4) is 0 Å². The van der Waals surface area contributed by atoms with E-state index < -0.39 is 32.5 Å².